The number of fused-ring (bicyclic) bond motifs is 1. The van der Waals surface area contributed by atoms with Crippen LogP contribution in [0, 0.1) is 22.7 Å². The standard InChI is InChI=1S/C34H49NO4/c1-6-8-25-21-39-31(35-25)34(17-18-34)30(38)14-16-32(3,4)29-13-12-27-23(9-7-15-33(27,29)5)10-11-24-19-26(36)20-28(37)22(24)2/h10-11,14,16,21,26-30,36-38H,2,6-9,12-13,15,17-20H2,1,3-5H3/b16-14+,23-10+,24-11-/t26-,27+,28+,29-,30-,33+/m1/s1. The fraction of sp³-hybridized carbons (Fsp3) is 0.676. The molecule has 6 atom stereocenters. The first-order valence-electron chi connectivity index (χ1n) is 15.3. The molecule has 1 heterocycles. The summed E-state index contributed by atoms with van der Waals surface area (Å²) in [7, 11) is 0. The van der Waals surface area contributed by atoms with Gasteiger partial charge in [-0.25, -0.2) is 4.98 Å². The number of hydrogen-bond donors (Lipinski definition) is 3. The molecule has 0 radical (unpaired) electrons. The van der Waals surface area contributed by atoms with E-state index in [2.05, 4.69) is 52.5 Å². The van der Waals surface area contributed by atoms with Crippen LogP contribution in [0.15, 0.2) is 58.3 Å². The predicted molar refractivity (Wildman–Crippen MR) is 155 cm³/mol. The Labute approximate surface area is 234 Å². The Balaban J connectivity index is 1.31. The van der Waals surface area contributed by atoms with Gasteiger partial charge in [0.05, 0.1) is 29.4 Å². The van der Waals surface area contributed by atoms with Gasteiger partial charge in [0.2, 0.25) is 5.89 Å². The molecular weight excluding hydrogens is 486 g/mol. The van der Waals surface area contributed by atoms with Gasteiger partial charge in [-0.15, -0.1) is 0 Å². The van der Waals surface area contributed by atoms with Crippen LogP contribution in [0.5, 0.6) is 0 Å². The third kappa shape index (κ3) is 5.39. The number of rotatable bonds is 8. The van der Waals surface area contributed by atoms with E-state index < -0.39 is 18.3 Å². The molecule has 4 aliphatic rings. The number of oxazole rings is 1. The summed E-state index contributed by atoms with van der Waals surface area (Å²) in [5, 5.41) is 31.7. The van der Waals surface area contributed by atoms with E-state index in [9.17, 15) is 15.3 Å². The molecule has 5 heteroatoms. The molecule has 0 spiro atoms. The van der Waals surface area contributed by atoms with Crippen molar-refractivity contribution >= 4 is 0 Å². The predicted octanol–water partition coefficient (Wildman–Crippen LogP) is 6.74. The number of allylic oxidation sites excluding steroid dienone is 4. The van der Waals surface area contributed by atoms with Crippen LogP contribution in [-0.2, 0) is 11.8 Å². The second kappa shape index (κ2) is 10.8. The van der Waals surface area contributed by atoms with E-state index in [0.29, 0.717) is 30.6 Å². The summed E-state index contributed by atoms with van der Waals surface area (Å²) >= 11 is 0. The van der Waals surface area contributed by atoms with Gasteiger partial charge < -0.3 is 19.7 Å². The highest BCUT2D eigenvalue weighted by Crippen LogP contribution is 2.62. The van der Waals surface area contributed by atoms with Gasteiger partial charge in [-0.05, 0) is 91.6 Å². The van der Waals surface area contributed by atoms with Gasteiger partial charge in [0.25, 0.3) is 0 Å². The molecule has 4 saturated carbocycles. The van der Waals surface area contributed by atoms with Crippen molar-refractivity contribution in [1.29, 1.82) is 0 Å². The fourth-order valence-electron chi connectivity index (χ4n) is 8.24. The molecule has 1 aromatic heterocycles. The lowest BCUT2D eigenvalue weighted by Crippen LogP contribution is -2.39. The molecule has 0 saturated heterocycles. The topological polar surface area (TPSA) is 86.7 Å². The van der Waals surface area contributed by atoms with Gasteiger partial charge in [0.1, 0.15) is 6.26 Å². The van der Waals surface area contributed by atoms with Crippen molar-refractivity contribution in [3.8, 4) is 0 Å². The SMILES string of the molecule is C=C1/C(=C\C=C2/CCC[C@]3(C)[C@@H](C(C)(C)/C=C/[C@@H](O)C4(c5nc(CCC)co5)CC4)CC[C@@H]23)C[C@@H](O)C[C@@H]1O. The van der Waals surface area contributed by atoms with Crippen molar-refractivity contribution in [2.45, 2.75) is 122 Å². The van der Waals surface area contributed by atoms with Crippen LogP contribution in [0.25, 0.3) is 0 Å². The summed E-state index contributed by atoms with van der Waals surface area (Å²) in [5.74, 6) is 1.76. The fourth-order valence-corrected chi connectivity index (χ4v) is 8.24. The molecule has 4 aliphatic carbocycles. The number of hydrogen-bond acceptors (Lipinski definition) is 5. The van der Waals surface area contributed by atoms with E-state index in [0.717, 1.165) is 48.9 Å². The summed E-state index contributed by atoms with van der Waals surface area (Å²) in [5.41, 5.74) is 4.02. The normalized spacial score (nSPS) is 35.6. The lowest BCUT2D eigenvalue weighted by atomic mass is 9.57. The van der Waals surface area contributed by atoms with Crippen molar-refractivity contribution in [2.75, 3.05) is 0 Å². The Morgan fingerprint density at radius 3 is 2.69 bits per heavy atom. The van der Waals surface area contributed by atoms with Crippen LogP contribution < -0.4 is 0 Å². The Hall–Kier alpha value is -1.95. The van der Waals surface area contributed by atoms with E-state index in [-0.39, 0.29) is 16.2 Å². The maximum absolute atomic E-state index is 11.3. The average Bonchev–Trinajstić information content (AvgIpc) is 3.41. The highest BCUT2D eigenvalue weighted by Gasteiger charge is 2.55. The quantitative estimate of drug-likeness (QED) is 0.321. The van der Waals surface area contributed by atoms with Gasteiger partial charge in [-0.1, -0.05) is 70.6 Å². The Kier molecular flexibility index (Phi) is 7.91. The van der Waals surface area contributed by atoms with Crippen LogP contribution in [0.1, 0.15) is 103 Å². The van der Waals surface area contributed by atoms with Crippen LogP contribution in [-0.4, -0.2) is 38.6 Å². The maximum Gasteiger partial charge on any atom is 0.203 e. The Morgan fingerprint density at radius 1 is 1.21 bits per heavy atom. The molecular formula is C34H49NO4. The summed E-state index contributed by atoms with van der Waals surface area (Å²) in [4.78, 5) is 4.71. The lowest BCUT2D eigenvalue weighted by molar-refractivity contribution is 0.0705. The van der Waals surface area contributed by atoms with Crippen molar-refractivity contribution < 1.29 is 19.7 Å². The van der Waals surface area contributed by atoms with Gasteiger partial charge >= 0.3 is 0 Å². The van der Waals surface area contributed by atoms with E-state index in [1.807, 2.05) is 6.08 Å². The minimum absolute atomic E-state index is 0.0443. The van der Waals surface area contributed by atoms with Crippen LogP contribution >= 0.6 is 0 Å². The highest BCUT2D eigenvalue weighted by molar-refractivity contribution is 5.39. The molecule has 214 valence electrons. The number of aliphatic hydroxyl groups excluding tert-OH is 3. The third-order valence-corrected chi connectivity index (χ3v) is 10.7. The molecule has 3 N–H and O–H groups in total. The molecule has 4 fully saturated rings. The molecule has 0 aromatic carbocycles. The lowest BCUT2D eigenvalue weighted by Gasteiger charge is -2.47. The molecule has 0 bridgehead atoms. The van der Waals surface area contributed by atoms with Crippen LogP contribution in [0.2, 0.25) is 0 Å². The van der Waals surface area contributed by atoms with Crippen LogP contribution in [0.3, 0.4) is 0 Å². The van der Waals surface area contributed by atoms with Crippen molar-refractivity contribution in [3.05, 3.63) is 65.5 Å². The monoisotopic (exact) mass is 535 g/mol. The Bertz CT molecular complexity index is 1150. The largest absolute Gasteiger partial charge is 0.448 e. The second-order valence-electron chi connectivity index (χ2n) is 13.8. The van der Waals surface area contributed by atoms with E-state index in [1.54, 1.807) is 6.26 Å². The van der Waals surface area contributed by atoms with Crippen molar-refractivity contribution in [2.24, 2.45) is 22.7 Å². The smallest absolute Gasteiger partial charge is 0.203 e. The zero-order valence-electron chi connectivity index (χ0n) is 24.5. The molecule has 1 aromatic rings. The van der Waals surface area contributed by atoms with Gasteiger partial charge in [0.15, 0.2) is 0 Å². The first-order chi connectivity index (χ1) is 18.5. The molecule has 0 unspecified atom stereocenters. The molecule has 0 aliphatic heterocycles. The number of aryl methyl sites for hydroxylation is 1. The Morgan fingerprint density at radius 2 is 1.97 bits per heavy atom. The minimum atomic E-state index is -0.648. The molecule has 0 amide bonds. The number of aliphatic hydroxyl groups is 3. The highest BCUT2D eigenvalue weighted by atomic mass is 16.3. The van der Waals surface area contributed by atoms with Gasteiger partial charge in [0, 0.05) is 6.42 Å². The van der Waals surface area contributed by atoms with Crippen molar-refractivity contribution in [3.63, 3.8) is 0 Å². The zero-order chi connectivity index (χ0) is 28.0. The van der Waals surface area contributed by atoms with Gasteiger partial charge in [-0.3, -0.25) is 0 Å². The maximum atomic E-state index is 11.3. The zero-order valence-corrected chi connectivity index (χ0v) is 24.5. The average molecular weight is 536 g/mol. The van der Waals surface area contributed by atoms with E-state index in [4.69, 9.17) is 9.40 Å². The molecule has 5 nitrogen and oxygen atoms in total. The molecule has 5 rings (SSSR count). The second-order valence-corrected chi connectivity index (χ2v) is 13.8. The summed E-state index contributed by atoms with van der Waals surface area (Å²) in [6, 6.07) is 0. The first kappa shape index (κ1) is 28.6. The van der Waals surface area contributed by atoms with E-state index >= 15 is 0 Å². The summed E-state index contributed by atoms with van der Waals surface area (Å²) in [6.07, 6.45) is 19.3. The first-order valence-corrected chi connectivity index (χ1v) is 15.3. The summed E-state index contributed by atoms with van der Waals surface area (Å²) in [6.45, 7) is 13.4. The minimum Gasteiger partial charge on any atom is -0.448 e. The molecule has 39 heavy (non-hydrogen) atoms. The third-order valence-electron chi connectivity index (χ3n) is 10.7. The van der Waals surface area contributed by atoms with Crippen LogP contribution in [0.4, 0.5) is 0 Å². The van der Waals surface area contributed by atoms with Crippen molar-refractivity contribution in [1.82, 2.24) is 4.98 Å². The van der Waals surface area contributed by atoms with E-state index in [1.165, 1.54) is 31.3 Å². The van der Waals surface area contributed by atoms with Gasteiger partial charge in [-0.2, -0.15) is 0 Å². The number of nitrogens with zero attached hydrogens (tertiary/aromatic N) is 1. The summed E-state index contributed by atoms with van der Waals surface area (Å²) < 4.78 is 5.83. The number of aromatic nitrogens is 1.